The highest BCUT2D eigenvalue weighted by Crippen LogP contribution is 2.17. The quantitative estimate of drug-likeness (QED) is 0.789. The van der Waals surface area contributed by atoms with E-state index in [9.17, 15) is 9.90 Å². The van der Waals surface area contributed by atoms with Crippen LogP contribution in [0.15, 0.2) is 30.6 Å². The number of phenols is 1. The van der Waals surface area contributed by atoms with Crippen molar-refractivity contribution in [1.82, 2.24) is 20.3 Å². The number of aromatic nitrogens is 3. The molecular weight excluding hydrogens is 244 g/mol. The molecule has 1 aromatic heterocycles. The average Bonchev–Trinajstić information content (AvgIpc) is 2.87. The molecule has 1 aromatic carbocycles. The van der Waals surface area contributed by atoms with Crippen LogP contribution in [0.1, 0.15) is 22.3 Å². The normalized spacial score (nSPS) is 10.4. The predicted octanol–water partition coefficient (Wildman–Crippen LogP) is 1.11. The van der Waals surface area contributed by atoms with Crippen LogP contribution in [0.4, 0.5) is 0 Å². The Kier molecular flexibility index (Phi) is 4.12. The van der Waals surface area contributed by atoms with Crippen molar-refractivity contribution >= 4 is 5.91 Å². The van der Waals surface area contributed by atoms with Crippen LogP contribution in [0.3, 0.4) is 0 Å². The zero-order chi connectivity index (χ0) is 13.7. The van der Waals surface area contributed by atoms with Gasteiger partial charge >= 0.3 is 0 Å². The Labute approximate surface area is 111 Å². The molecule has 19 heavy (non-hydrogen) atoms. The summed E-state index contributed by atoms with van der Waals surface area (Å²) in [5, 5.41) is 20.0. The maximum atomic E-state index is 11.8. The van der Waals surface area contributed by atoms with Crippen LogP contribution < -0.4 is 5.32 Å². The molecule has 2 N–H and O–H groups in total. The third-order valence-electron chi connectivity index (χ3n) is 2.72. The lowest BCUT2D eigenvalue weighted by molar-refractivity contribution is 0.0950. The van der Waals surface area contributed by atoms with E-state index >= 15 is 0 Å². The van der Waals surface area contributed by atoms with Crippen molar-refractivity contribution in [3.05, 3.63) is 41.7 Å². The number of nitrogens with one attached hydrogen (secondary N) is 1. The fourth-order valence-corrected chi connectivity index (χ4v) is 1.72. The van der Waals surface area contributed by atoms with Crippen LogP contribution >= 0.6 is 0 Å². The topological polar surface area (TPSA) is 80.0 Å². The second-order valence-corrected chi connectivity index (χ2v) is 4.30. The summed E-state index contributed by atoms with van der Waals surface area (Å²) in [7, 11) is 0. The maximum Gasteiger partial charge on any atom is 0.255 e. The van der Waals surface area contributed by atoms with Gasteiger partial charge in [0.25, 0.3) is 5.91 Å². The predicted molar refractivity (Wildman–Crippen MR) is 69.8 cm³/mol. The Morgan fingerprint density at radius 2 is 2.32 bits per heavy atom. The van der Waals surface area contributed by atoms with Gasteiger partial charge < -0.3 is 10.4 Å². The molecule has 100 valence electrons. The van der Waals surface area contributed by atoms with E-state index in [1.807, 2.05) is 6.92 Å². The summed E-state index contributed by atoms with van der Waals surface area (Å²) in [5.74, 6) is -0.259. The van der Waals surface area contributed by atoms with Crippen molar-refractivity contribution in [3.63, 3.8) is 0 Å². The van der Waals surface area contributed by atoms with E-state index in [4.69, 9.17) is 0 Å². The summed E-state index contributed by atoms with van der Waals surface area (Å²) in [6, 6.07) is 4.99. The van der Waals surface area contributed by atoms with E-state index in [0.29, 0.717) is 18.7 Å². The molecule has 0 aliphatic carbocycles. The Morgan fingerprint density at radius 1 is 1.47 bits per heavy atom. The van der Waals surface area contributed by atoms with Gasteiger partial charge in [-0.05, 0) is 31.0 Å². The standard InChI is InChI=1S/C13H16N4O2/c1-10-3-4-11(12(18)9-10)13(19)14-5-2-7-17-8-6-15-16-17/h3-4,6,8-9,18H,2,5,7H2,1H3,(H,14,19). The van der Waals surface area contributed by atoms with Crippen molar-refractivity contribution in [2.24, 2.45) is 0 Å². The molecule has 2 rings (SSSR count). The molecule has 6 heteroatoms. The van der Waals surface area contributed by atoms with Crippen molar-refractivity contribution in [3.8, 4) is 5.75 Å². The summed E-state index contributed by atoms with van der Waals surface area (Å²) in [4.78, 5) is 11.8. The Balaban J connectivity index is 1.81. The van der Waals surface area contributed by atoms with Crippen molar-refractivity contribution in [2.75, 3.05) is 6.54 Å². The number of aromatic hydroxyl groups is 1. The zero-order valence-corrected chi connectivity index (χ0v) is 10.7. The molecule has 6 nitrogen and oxygen atoms in total. The first-order valence-electron chi connectivity index (χ1n) is 6.09. The number of carbonyl (C=O) groups is 1. The highest BCUT2D eigenvalue weighted by Gasteiger charge is 2.09. The monoisotopic (exact) mass is 260 g/mol. The Hall–Kier alpha value is -2.37. The number of aryl methyl sites for hydroxylation is 2. The largest absolute Gasteiger partial charge is 0.507 e. The molecule has 0 radical (unpaired) electrons. The minimum absolute atomic E-state index is 0.00813. The summed E-state index contributed by atoms with van der Waals surface area (Å²) >= 11 is 0. The Morgan fingerprint density at radius 3 is 3.00 bits per heavy atom. The van der Waals surface area contributed by atoms with Gasteiger partial charge in [-0.25, -0.2) is 0 Å². The minimum atomic E-state index is -0.268. The lowest BCUT2D eigenvalue weighted by Gasteiger charge is -2.07. The number of hydrogen-bond donors (Lipinski definition) is 2. The first-order valence-corrected chi connectivity index (χ1v) is 6.09. The Bertz CT molecular complexity index is 552. The zero-order valence-electron chi connectivity index (χ0n) is 10.7. The molecular formula is C13H16N4O2. The first-order chi connectivity index (χ1) is 9.16. The van der Waals surface area contributed by atoms with Gasteiger partial charge in [-0.1, -0.05) is 11.3 Å². The highest BCUT2D eigenvalue weighted by atomic mass is 16.3. The second-order valence-electron chi connectivity index (χ2n) is 4.30. The molecule has 0 aliphatic heterocycles. The average molecular weight is 260 g/mol. The van der Waals surface area contributed by atoms with Gasteiger partial charge in [0.1, 0.15) is 5.75 Å². The summed E-state index contributed by atoms with van der Waals surface area (Å²) in [6.45, 7) is 3.08. The number of rotatable bonds is 5. The fraction of sp³-hybridized carbons (Fsp3) is 0.308. The first kappa shape index (κ1) is 13.1. The SMILES string of the molecule is Cc1ccc(C(=O)NCCCn2ccnn2)c(O)c1. The van der Waals surface area contributed by atoms with Crippen LogP contribution in [-0.2, 0) is 6.54 Å². The molecule has 0 unspecified atom stereocenters. The van der Waals surface area contributed by atoms with E-state index in [-0.39, 0.29) is 11.7 Å². The van der Waals surface area contributed by atoms with Crippen molar-refractivity contribution in [1.29, 1.82) is 0 Å². The fourth-order valence-electron chi connectivity index (χ4n) is 1.72. The molecule has 0 fully saturated rings. The van der Waals surface area contributed by atoms with Crippen molar-refractivity contribution < 1.29 is 9.90 Å². The van der Waals surface area contributed by atoms with Crippen LogP contribution in [0.2, 0.25) is 0 Å². The number of carbonyl (C=O) groups excluding carboxylic acids is 1. The van der Waals surface area contributed by atoms with Gasteiger partial charge in [-0.3, -0.25) is 9.48 Å². The second kappa shape index (κ2) is 5.99. The van der Waals surface area contributed by atoms with E-state index in [2.05, 4.69) is 15.6 Å². The van der Waals surface area contributed by atoms with Crippen LogP contribution in [0.25, 0.3) is 0 Å². The van der Waals surface area contributed by atoms with Crippen LogP contribution in [-0.4, -0.2) is 32.6 Å². The maximum absolute atomic E-state index is 11.8. The van der Waals surface area contributed by atoms with Gasteiger partial charge in [0, 0.05) is 19.3 Å². The minimum Gasteiger partial charge on any atom is -0.507 e. The molecule has 0 atom stereocenters. The number of hydrogen-bond acceptors (Lipinski definition) is 4. The van der Waals surface area contributed by atoms with Gasteiger partial charge in [0.2, 0.25) is 0 Å². The molecule has 0 aliphatic rings. The van der Waals surface area contributed by atoms with E-state index in [1.54, 1.807) is 35.3 Å². The van der Waals surface area contributed by atoms with Gasteiger partial charge in [-0.15, -0.1) is 5.10 Å². The number of amides is 1. The third-order valence-corrected chi connectivity index (χ3v) is 2.72. The molecule has 1 heterocycles. The van der Waals surface area contributed by atoms with Crippen molar-refractivity contribution in [2.45, 2.75) is 19.9 Å². The summed E-state index contributed by atoms with van der Waals surface area (Å²) in [6.07, 6.45) is 4.14. The molecule has 0 saturated heterocycles. The smallest absolute Gasteiger partial charge is 0.255 e. The van der Waals surface area contributed by atoms with Crippen LogP contribution in [0, 0.1) is 6.92 Å². The number of phenolic OH excluding ortho intramolecular Hbond substituents is 1. The van der Waals surface area contributed by atoms with Crippen LogP contribution in [0.5, 0.6) is 5.75 Å². The van der Waals surface area contributed by atoms with Gasteiger partial charge in [0.05, 0.1) is 11.8 Å². The lowest BCUT2D eigenvalue weighted by Crippen LogP contribution is -2.25. The molecule has 0 bridgehead atoms. The lowest BCUT2D eigenvalue weighted by atomic mass is 10.1. The van der Waals surface area contributed by atoms with Gasteiger partial charge in [-0.2, -0.15) is 0 Å². The number of nitrogens with zero attached hydrogens (tertiary/aromatic N) is 3. The van der Waals surface area contributed by atoms with E-state index in [0.717, 1.165) is 12.0 Å². The third kappa shape index (κ3) is 3.54. The molecule has 2 aromatic rings. The molecule has 1 amide bonds. The molecule has 0 spiro atoms. The molecule has 0 saturated carbocycles. The summed E-state index contributed by atoms with van der Waals surface area (Å²) < 4.78 is 1.70. The highest BCUT2D eigenvalue weighted by molar-refractivity contribution is 5.96. The number of benzene rings is 1. The summed E-state index contributed by atoms with van der Waals surface area (Å²) in [5.41, 5.74) is 1.21. The van der Waals surface area contributed by atoms with Gasteiger partial charge in [0.15, 0.2) is 0 Å². The van der Waals surface area contributed by atoms with E-state index < -0.39 is 0 Å². The van der Waals surface area contributed by atoms with E-state index in [1.165, 1.54) is 0 Å².